The fourth-order valence-electron chi connectivity index (χ4n) is 4.65. The number of nitrogens with zero attached hydrogens (tertiary/aromatic N) is 4. The van der Waals surface area contributed by atoms with Gasteiger partial charge in [0.1, 0.15) is 17.6 Å². The lowest BCUT2D eigenvalue weighted by molar-refractivity contribution is 0.339. The van der Waals surface area contributed by atoms with Gasteiger partial charge in [0.25, 0.3) is 0 Å². The highest BCUT2D eigenvalue weighted by molar-refractivity contribution is 5.82. The summed E-state index contributed by atoms with van der Waals surface area (Å²) in [6.07, 6.45) is 5.16. The molecule has 2 aromatic heterocycles. The number of H-pyrrole nitrogens is 1. The molecule has 0 bridgehead atoms. The Morgan fingerprint density at radius 3 is 2.71 bits per heavy atom. The number of hydrogen-bond donors (Lipinski definition) is 2. The predicted octanol–water partition coefficient (Wildman–Crippen LogP) is 3.53. The van der Waals surface area contributed by atoms with E-state index < -0.39 is 0 Å². The SMILES string of the molecule is COc1ccccc1-c1cccc(C2(CN)CCN(c3ncnc4nc[nH]c34)CC2)c1. The summed E-state index contributed by atoms with van der Waals surface area (Å²) >= 11 is 0. The molecular formula is C24H26N6O. The summed E-state index contributed by atoms with van der Waals surface area (Å²) < 4.78 is 5.58. The summed E-state index contributed by atoms with van der Waals surface area (Å²) in [5, 5.41) is 0. The standard InChI is InChI=1S/C24H26N6O/c1-31-20-8-3-2-7-19(20)17-5-4-6-18(13-17)24(14-25)9-11-30(12-10-24)23-21-22(27-15-26-21)28-16-29-23/h2-8,13,15-16H,9-12,14,25H2,1H3,(H,26,27,28,29). The van der Waals surface area contributed by atoms with Crippen molar-refractivity contribution in [2.75, 3.05) is 31.6 Å². The van der Waals surface area contributed by atoms with Crippen molar-refractivity contribution in [3.8, 4) is 16.9 Å². The van der Waals surface area contributed by atoms with Gasteiger partial charge < -0.3 is 20.4 Å². The number of nitrogens with one attached hydrogen (secondary N) is 1. The molecule has 1 saturated heterocycles. The van der Waals surface area contributed by atoms with E-state index in [9.17, 15) is 0 Å². The number of rotatable bonds is 5. The second kappa shape index (κ2) is 8.00. The number of aromatic nitrogens is 4. The van der Waals surface area contributed by atoms with E-state index in [1.165, 1.54) is 5.56 Å². The molecule has 0 unspecified atom stereocenters. The third kappa shape index (κ3) is 3.41. The minimum Gasteiger partial charge on any atom is -0.496 e. The van der Waals surface area contributed by atoms with Crippen molar-refractivity contribution < 1.29 is 4.74 Å². The zero-order valence-corrected chi connectivity index (χ0v) is 17.6. The van der Waals surface area contributed by atoms with Gasteiger partial charge in [-0.05, 0) is 30.0 Å². The molecule has 0 atom stereocenters. The molecule has 1 fully saturated rings. The molecule has 3 N–H and O–H groups in total. The van der Waals surface area contributed by atoms with Gasteiger partial charge in [0.15, 0.2) is 11.5 Å². The zero-order chi connectivity index (χ0) is 21.3. The number of ether oxygens (including phenoxy) is 1. The van der Waals surface area contributed by atoms with Gasteiger partial charge in [0, 0.05) is 30.6 Å². The third-order valence-electron chi connectivity index (χ3n) is 6.51. The van der Waals surface area contributed by atoms with Gasteiger partial charge in [0.05, 0.1) is 13.4 Å². The van der Waals surface area contributed by atoms with Gasteiger partial charge in [-0.1, -0.05) is 42.5 Å². The van der Waals surface area contributed by atoms with E-state index in [0.29, 0.717) is 12.2 Å². The zero-order valence-electron chi connectivity index (χ0n) is 17.6. The number of para-hydroxylation sites is 1. The Morgan fingerprint density at radius 2 is 1.90 bits per heavy atom. The molecule has 158 valence electrons. The molecule has 3 heterocycles. The number of piperidine rings is 1. The van der Waals surface area contributed by atoms with Crippen LogP contribution in [-0.4, -0.2) is 46.7 Å². The Balaban J connectivity index is 1.43. The normalized spacial score (nSPS) is 15.9. The molecule has 7 nitrogen and oxygen atoms in total. The highest BCUT2D eigenvalue weighted by atomic mass is 16.5. The number of anilines is 1. The van der Waals surface area contributed by atoms with Crippen molar-refractivity contribution in [1.82, 2.24) is 19.9 Å². The van der Waals surface area contributed by atoms with Crippen LogP contribution < -0.4 is 15.4 Å². The first kappa shape index (κ1) is 19.5. The van der Waals surface area contributed by atoms with Crippen molar-refractivity contribution >= 4 is 17.0 Å². The molecule has 7 heteroatoms. The minimum atomic E-state index is -0.0609. The smallest absolute Gasteiger partial charge is 0.182 e. The van der Waals surface area contributed by atoms with Crippen LogP contribution in [0.15, 0.2) is 61.2 Å². The number of nitrogens with two attached hydrogens (primary N) is 1. The summed E-state index contributed by atoms with van der Waals surface area (Å²) in [6.45, 7) is 2.36. The molecule has 1 aliphatic heterocycles. The maximum atomic E-state index is 6.39. The van der Waals surface area contributed by atoms with Crippen LogP contribution >= 0.6 is 0 Å². The Morgan fingerprint density at radius 1 is 1.06 bits per heavy atom. The molecule has 0 spiro atoms. The topological polar surface area (TPSA) is 93.0 Å². The lowest BCUT2D eigenvalue weighted by Crippen LogP contribution is -2.47. The monoisotopic (exact) mass is 414 g/mol. The average Bonchev–Trinajstić information content (AvgIpc) is 3.33. The van der Waals surface area contributed by atoms with E-state index in [2.05, 4.69) is 55.2 Å². The van der Waals surface area contributed by atoms with Gasteiger partial charge in [-0.2, -0.15) is 0 Å². The fourth-order valence-corrected chi connectivity index (χ4v) is 4.65. The van der Waals surface area contributed by atoms with Gasteiger partial charge in [0.2, 0.25) is 0 Å². The number of imidazole rings is 1. The number of fused-ring (bicyclic) bond motifs is 1. The first-order valence-corrected chi connectivity index (χ1v) is 10.6. The number of benzene rings is 2. The van der Waals surface area contributed by atoms with Crippen molar-refractivity contribution in [2.24, 2.45) is 5.73 Å². The quantitative estimate of drug-likeness (QED) is 0.519. The number of aromatic amines is 1. The molecule has 1 aliphatic rings. The summed E-state index contributed by atoms with van der Waals surface area (Å²) in [6, 6.07) is 16.9. The van der Waals surface area contributed by atoms with Crippen LogP contribution in [0.1, 0.15) is 18.4 Å². The van der Waals surface area contributed by atoms with Crippen molar-refractivity contribution in [2.45, 2.75) is 18.3 Å². The van der Waals surface area contributed by atoms with Crippen LogP contribution in [0.2, 0.25) is 0 Å². The number of hydrogen-bond acceptors (Lipinski definition) is 6. The van der Waals surface area contributed by atoms with Crippen molar-refractivity contribution in [3.63, 3.8) is 0 Å². The second-order valence-corrected chi connectivity index (χ2v) is 8.05. The van der Waals surface area contributed by atoms with Gasteiger partial charge in [-0.25, -0.2) is 15.0 Å². The molecule has 2 aromatic carbocycles. The molecule has 0 amide bonds. The van der Waals surface area contributed by atoms with Crippen LogP contribution in [0, 0.1) is 0 Å². The summed E-state index contributed by atoms with van der Waals surface area (Å²) in [5.74, 6) is 1.79. The maximum Gasteiger partial charge on any atom is 0.182 e. The largest absolute Gasteiger partial charge is 0.496 e. The summed E-state index contributed by atoms with van der Waals surface area (Å²) in [4.78, 5) is 18.5. The molecule has 5 rings (SSSR count). The van der Waals surface area contributed by atoms with E-state index >= 15 is 0 Å². The highest BCUT2D eigenvalue weighted by Gasteiger charge is 2.36. The second-order valence-electron chi connectivity index (χ2n) is 8.05. The highest BCUT2D eigenvalue weighted by Crippen LogP contribution is 2.39. The molecule has 4 aromatic rings. The first-order chi connectivity index (χ1) is 15.2. The number of methoxy groups -OCH3 is 1. The lowest BCUT2D eigenvalue weighted by Gasteiger charge is -2.42. The third-order valence-corrected chi connectivity index (χ3v) is 6.51. The van der Waals surface area contributed by atoms with Crippen LogP contribution in [0.5, 0.6) is 5.75 Å². The summed E-state index contributed by atoms with van der Waals surface area (Å²) in [5.41, 5.74) is 11.5. The van der Waals surface area contributed by atoms with E-state index in [-0.39, 0.29) is 5.41 Å². The van der Waals surface area contributed by atoms with Gasteiger partial charge in [-0.15, -0.1) is 0 Å². The lowest BCUT2D eigenvalue weighted by atomic mass is 9.72. The minimum absolute atomic E-state index is 0.0609. The summed E-state index contributed by atoms with van der Waals surface area (Å²) in [7, 11) is 1.71. The van der Waals surface area contributed by atoms with Gasteiger partial charge >= 0.3 is 0 Å². The van der Waals surface area contributed by atoms with Crippen LogP contribution in [-0.2, 0) is 5.41 Å². The Hall–Kier alpha value is -3.45. The fraction of sp³-hybridized carbons (Fsp3) is 0.292. The van der Waals surface area contributed by atoms with E-state index in [0.717, 1.165) is 54.1 Å². The predicted molar refractivity (Wildman–Crippen MR) is 122 cm³/mol. The maximum absolute atomic E-state index is 6.39. The molecule has 0 radical (unpaired) electrons. The van der Waals surface area contributed by atoms with E-state index in [4.69, 9.17) is 10.5 Å². The van der Waals surface area contributed by atoms with Crippen molar-refractivity contribution in [3.05, 3.63) is 66.7 Å². The van der Waals surface area contributed by atoms with Crippen LogP contribution in [0.4, 0.5) is 5.82 Å². The first-order valence-electron chi connectivity index (χ1n) is 10.6. The van der Waals surface area contributed by atoms with Crippen molar-refractivity contribution in [1.29, 1.82) is 0 Å². The van der Waals surface area contributed by atoms with E-state index in [1.807, 2.05) is 18.2 Å². The average molecular weight is 415 g/mol. The molecule has 0 aliphatic carbocycles. The Labute approximate surface area is 181 Å². The Bertz CT molecular complexity index is 1200. The molecule has 0 saturated carbocycles. The molecular weight excluding hydrogens is 388 g/mol. The van der Waals surface area contributed by atoms with Gasteiger partial charge in [-0.3, -0.25) is 0 Å². The molecule has 31 heavy (non-hydrogen) atoms. The van der Waals surface area contributed by atoms with Crippen LogP contribution in [0.3, 0.4) is 0 Å². The Kier molecular flexibility index (Phi) is 5.03. The van der Waals surface area contributed by atoms with E-state index in [1.54, 1.807) is 19.8 Å². The van der Waals surface area contributed by atoms with Crippen LogP contribution in [0.25, 0.3) is 22.3 Å².